The van der Waals surface area contributed by atoms with Crippen LogP contribution in [0.3, 0.4) is 0 Å². The van der Waals surface area contributed by atoms with Crippen molar-refractivity contribution in [2.75, 3.05) is 13.2 Å². The van der Waals surface area contributed by atoms with Crippen LogP contribution in [0.4, 0.5) is 0 Å². The van der Waals surface area contributed by atoms with Gasteiger partial charge in [-0.15, -0.1) is 0 Å². The summed E-state index contributed by atoms with van der Waals surface area (Å²) in [5.41, 5.74) is 0.0972. The Morgan fingerprint density at radius 1 is 1.13 bits per heavy atom. The van der Waals surface area contributed by atoms with Gasteiger partial charge in [-0.25, -0.2) is 4.89 Å². The number of hydrogen-bond acceptors (Lipinski definition) is 3. The van der Waals surface area contributed by atoms with Crippen molar-refractivity contribution in [1.29, 1.82) is 0 Å². The van der Waals surface area contributed by atoms with Crippen molar-refractivity contribution in [3.8, 4) is 0 Å². The fraction of sp³-hybridized carbons (Fsp3) is 1.00. The zero-order valence-corrected chi connectivity index (χ0v) is 12.1. The SMILES string of the molecule is CC(C)(C)CO.CCC(CC)COO.[V]. The van der Waals surface area contributed by atoms with Gasteiger partial charge in [0.15, 0.2) is 0 Å². The Balaban J connectivity index is -0.000000187. The van der Waals surface area contributed by atoms with E-state index in [2.05, 4.69) is 18.7 Å². The molecule has 0 fully saturated rings. The minimum atomic E-state index is 0. The molecule has 15 heavy (non-hydrogen) atoms. The van der Waals surface area contributed by atoms with Crippen molar-refractivity contribution in [3.63, 3.8) is 0 Å². The third-order valence-electron chi connectivity index (χ3n) is 1.94. The molecule has 0 bridgehead atoms. The van der Waals surface area contributed by atoms with E-state index < -0.39 is 0 Å². The molecule has 0 saturated heterocycles. The van der Waals surface area contributed by atoms with Gasteiger partial charge in [0.2, 0.25) is 0 Å². The summed E-state index contributed by atoms with van der Waals surface area (Å²) in [7, 11) is 0. The standard InChI is InChI=1S/C6H14O2.C5H12O.V/c1-3-6(4-2)5-8-7;1-5(2,3)4-6;/h6-7H,3-5H2,1-2H3;6H,4H2,1-3H3;. The maximum Gasteiger partial charge on any atom is 0.0847 e. The smallest absolute Gasteiger partial charge is 0.0847 e. The minimum Gasteiger partial charge on any atom is -0.396 e. The average molecular weight is 257 g/mol. The Hall–Kier alpha value is 0.464. The van der Waals surface area contributed by atoms with Gasteiger partial charge in [-0.05, 0) is 11.3 Å². The molecule has 0 aromatic carbocycles. The third-order valence-corrected chi connectivity index (χ3v) is 1.94. The first-order valence-electron chi connectivity index (χ1n) is 5.28. The molecule has 0 rings (SSSR count). The minimum absolute atomic E-state index is 0. The Bertz CT molecular complexity index is 109. The summed E-state index contributed by atoms with van der Waals surface area (Å²) in [5.74, 6) is 0.528. The summed E-state index contributed by atoms with van der Waals surface area (Å²) in [6.07, 6.45) is 2.16. The van der Waals surface area contributed by atoms with Gasteiger partial charge < -0.3 is 5.11 Å². The summed E-state index contributed by atoms with van der Waals surface area (Å²) in [4.78, 5) is 3.99. The van der Waals surface area contributed by atoms with Crippen molar-refractivity contribution in [1.82, 2.24) is 0 Å². The summed E-state index contributed by atoms with van der Waals surface area (Å²) in [5, 5.41) is 16.4. The summed E-state index contributed by atoms with van der Waals surface area (Å²) in [6, 6.07) is 0. The molecule has 0 aromatic rings. The van der Waals surface area contributed by atoms with Crippen LogP contribution < -0.4 is 0 Å². The Morgan fingerprint density at radius 2 is 1.47 bits per heavy atom. The van der Waals surface area contributed by atoms with Gasteiger partial charge in [-0.1, -0.05) is 47.5 Å². The molecule has 3 nitrogen and oxygen atoms in total. The van der Waals surface area contributed by atoms with Gasteiger partial charge >= 0.3 is 0 Å². The molecule has 2 N–H and O–H groups in total. The molecule has 93 valence electrons. The third kappa shape index (κ3) is 20.5. The molecule has 0 heterocycles. The van der Waals surface area contributed by atoms with E-state index in [1.165, 1.54) is 0 Å². The predicted molar refractivity (Wildman–Crippen MR) is 59.2 cm³/mol. The van der Waals surface area contributed by atoms with Gasteiger partial charge in [0.05, 0.1) is 6.61 Å². The van der Waals surface area contributed by atoms with Crippen LogP contribution in [-0.2, 0) is 23.4 Å². The van der Waals surface area contributed by atoms with Crippen molar-refractivity contribution in [2.45, 2.75) is 47.5 Å². The molecule has 1 radical (unpaired) electrons. The number of aliphatic hydroxyl groups excluding tert-OH is 1. The fourth-order valence-corrected chi connectivity index (χ4v) is 0.630. The monoisotopic (exact) mass is 257 g/mol. The fourth-order valence-electron chi connectivity index (χ4n) is 0.630. The van der Waals surface area contributed by atoms with Gasteiger partial charge in [0.1, 0.15) is 0 Å². The molecule has 0 aromatic heterocycles. The Kier molecular flexibility index (Phi) is 17.4. The van der Waals surface area contributed by atoms with Crippen molar-refractivity contribution in [2.24, 2.45) is 11.3 Å². The van der Waals surface area contributed by atoms with Crippen LogP contribution in [0.2, 0.25) is 0 Å². The number of rotatable bonds is 4. The molecule has 0 atom stereocenters. The zero-order chi connectivity index (χ0) is 11.6. The molecular formula is C11H26O3V. The first kappa shape index (κ1) is 20.8. The summed E-state index contributed by atoms with van der Waals surface area (Å²) in [6.45, 7) is 10.9. The van der Waals surface area contributed by atoms with Gasteiger partial charge in [0, 0.05) is 25.2 Å². The van der Waals surface area contributed by atoms with Crippen LogP contribution in [0, 0.1) is 11.3 Å². The molecule has 0 aliphatic rings. The quantitative estimate of drug-likeness (QED) is 0.601. The van der Waals surface area contributed by atoms with Crippen LogP contribution >= 0.6 is 0 Å². The topological polar surface area (TPSA) is 49.7 Å². The van der Waals surface area contributed by atoms with Crippen molar-refractivity contribution in [3.05, 3.63) is 0 Å². The van der Waals surface area contributed by atoms with E-state index in [1.54, 1.807) is 0 Å². The van der Waals surface area contributed by atoms with Gasteiger partial charge in [0.25, 0.3) is 0 Å². The first-order valence-corrected chi connectivity index (χ1v) is 5.28. The van der Waals surface area contributed by atoms with E-state index in [9.17, 15) is 0 Å². The maximum atomic E-state index is 8.40. The van der Waals surface area contributed by atoms with E-state index in [0.29, 0.717) is 12.5 Å². The van der Waals surface area contributed by atoms with E-state index in [0.717, 1.165) is 12.8 Å². The second-order valence-electron chi connectivity index (χ2n) is 4.70. The van der Waals surface area contributed by atoms with Crippen LogP contribution in [-0.4, -0.2) is 23.6 Å². The predicted octanol–water partition coefficient (Wildman–Crippen LogP) is 2.93. The van der Waals surface area contributed by atoms with Crippen molar-refractivity contribution >= 4 is 0 Å². The van der Waals surface area contributed by atoms with E-state index >= 15 is 0 Å². The molecule has 0 unspecified atom stereocenters. The second-order valence-corrected chi connectivity index (χ2v) is 4.70. The van der Waals surface area contributed by atoms with Gasteiger partial charge in [-0.2, -0.15) is 0 Å². The summed E-state index contributed by atoms with van der Waals surface area (Å²) < 4.78 is 0. The molecule has 0 saturated carbocycles. The van der Waals surface area contributed by atoms with Crippen LogP contribution in [0.5, 0.6) is 0 Å². The largest absolute Gasteiger partial charge is 0.396 e. The molecule has 0 amide bonds. The molecular weight excluding hydrogens is 231 g/mol. The van der Waals surface area contributed by atoms with Crippen LogP contribution in [0.15, 0.2) is 0 Å². The Morgan fingerprint density at radius 3 is 1.53 bits per heavy atom. The Labute approximate surface area is 106 Å². The van der Waals surface area contributed by atoms with E-state index in [1.807, 2.05) is 20.8 Å². The molecule has 4 heteroatoms. The van der Waals surface area contributed by atoms with Crippen molar-refractivity contribution < 1.29 is 33.8 Å². The molecule has 0 aliphatic carbocycles. The summed E-state index contributed by atoms with van der Waals surface area (Å²) >= 11 is 0. The van der Waals surface area contributed by atoms with E-state index in [-0.39, 0.29) is 30.6 Å². The average Bonchev–Trinajstić information content (AvgIpc) is 2.14. The molecule has 0 spiro atoms. The van der Waals surface area contributed by atoms with E-state index in [4.69, 9.17) is 10.4 Å². The first-order chi connectivity index (χ1) is 6.41. The molecule has 0 aliphatic heterocycles. The van der Waals surface area contributed by atoms with Crippen LogP contribution in [0.25, 0.3) is 0 Å². The number of hydrogen-bond donors (Lipinski definition) is 2. The normalized spacial score (nSPS) is 10.4. The second kappa shape index (κ2) is 12.5. The van der Waals surface area contributed by atoms with Gasteiger partial charge in [-0.3, -0.25) is 5.26 Å². The maximum absolute atomic E-state index is 8.40. The zero-order valence-electron chi connectivity index (χ0n) is 10.7. The number of aliphatic hydroxyl groups is 1. The van der Waals surface area contributed by atoms with Crippen LogP contribution in [0.1, 0.15) is 47.5 Å².